The Bertz CT molecular complexity index is 798. The van der Waals surface area contributed by atoms with Gasteiger partial charge in [-0.15, -0.1) is 0 Å². The fraction of sp³-hybridized carbons (Fsp3) is 0.118. The van der Waals surface area contributed by atoms with E-state index in [1.165, 1.54) is 7.11 Å². The standard InChI is InChI=1S/C17H14BrNO3/c1-19-14-5-4-11(18)9-12(14)13(17(19)21)7-10-3-6-16(22-2)15(20)8-10/h3-9,20H,1-2H3. The third kappa shape index (κ3) is 2.37. The van der Waals surface area contributed by atoms with E-state index < -0.39 is 0 Å². The van der Waals surface area contributed by atoms with Crippen LogP contribution in [-0.4, -0.2) is 25.2 Å². The molecule has 0 unspecified atom stereocenters. The summed E-state index contributed by atoms with van der Waals surface area (Å²) in [4.78, 5) is 14.1. The zero-order valence-electron chi connectivity index (χ0n) is 12.1. The van der Waals surface area contributed by atoms with Crippen molar-refractivity contribution in [3.8, 4) is 11.5 Å². The number of hydrogen-bond donors (Lipinski definition) is 1. The third-order valence-electron chi connectivity index (χ3n) is 3.66. The van der Waals surface area contributed by atoms with Crippen molar-refractivity contribution in [2.24, 2.45) is 0 Å². The zero-order chi connectivity index (χ0) is 15.9. The minimum Gasteiger partial charge on any atom is -0.504 e. The van der Waals surface area contributed by atoms with Crippen molar-refractivity contribution in [2.45, 2.75) is 0 Å². The second-order valence-corrected chi connectivity index (χ2v) is 5.93. The largest absolute Gasteiger partial charge is 0.504 e. The molecule has 0 fully saturated rings. The molecule has 112 valence electrons. The van der Waals surface area contributed by atoms with Gasteiger partial charge in [0, 0.05) is 22.7 Å². The zero-order valence-corrected chi connectivity index (χ0v) is 13.7. The van der Waals surface area contributed by atoms with Crippen LogP contribution in [0, 0.1) is 0 Å². The maximum Gasteiger partial charge on any atom is 0.258 e. The van der Waals surface area contributed by atoms with E-state index in [1.54, 1.807) is 36.2 Å². The molecule has 2 aromatic carbocycles. The first-order chi connectivity index (χ1) is 10.5. The molecule has 22 heavy (non-hydrogen) atoms. The maximum absolute atomic E-state index is 12.4. The number of hydrogen-bond acceptors (Lipinski definition) is 3. The first-order valence-electron chi connectivity index (χ1n) is 6.68. The number of fused-ring (bicyclic) bond motifs is 1. The highest BCUT2D eigenvalue weighted by atomic mass is 79.9. The van der Waals surface area contributed by atoms with Crippen molar-refractivity contribution in [2.75, 3.05) is 19.1 Å². The van der Waals surface area contributed by atoms with E-state index in [9.17, 15) is 9.90 Å². The lowest BCUT2D eigenvalue weighted by molar-refractivity contribution is -0.112. The normalized spacial score (nSPS) is 15.3. The highest BCUT2D eigenvalue weighted by Crippen LogP contribution is 2.39. The molecule has 1 heterocycles. The van der Waals surface area contributed by atoms with Gasteiger partial charge in [-0.1, -0.05) is 22.0 Å². The molecule has 0 saturated carbocycles. The smallest absolute Gasteiger partial charge is 0.258 e. The fourth-order valence-electron chi connectivity index (χ4n) is 2.52. The third-order valence-corrected chi connectivity index (χ3v) is 4.15. The van der Waals surface area contributed by atoms with E-state index in [-0.39, 0.29) is 11.7 Å². The molecule has 0 atom stereocenters. The number of ether oxygens (including phenoxy) is 1. The van der Waals surface area contributed by atoms with Gasteiger partial charge < -0.3 is 14.7 Å². The van der Waals surface area contributed by atoms with E-state index >= 15 is 0 Å². The van der Waals surface area contributed by atoms with E-state index in [1.807, 2.05) is 18.2 Å². The number of likely N-dealkylation sites (N-methyl/N-ethyl adjacent to an activating group) is 1. The number of aromatic hydroxyl groups is 1. The molecule has 1 aliphatic rings. The summed E-state index contributed by atoms with van der Waals surface area (Å²) in [6, 6.07) is 10.8. The highest BCUT2D eigenvalue weighted by Gasteiger charge is 2.29. The van der Waals surface area contributed by atoms with Gasteiger partial charge in [-0.3, -0.25) is 4.79 Å². The summed E-state index contributed by atoms with van der Waals surface area (Å²) < 4.78 is 5.94. The lowest BCUT2D eigenvalue weighted by Crippen LogP contribution is -2.20. The number of benzene rings is 2. The molecule has 0 aromatic heterocycles. The summed E-state index contributed by atoms with van der Waals surface area (Å²) in [5.41, 5.74) is 3.08. The topological polar surface area (TPSA) is 49.8 Å². The molecule has 4 nitrogen and oxygen atoms in total. The van der Waals surface area contributed by atoms with Crippen LogP contribution in [0.25, 0.3) is 11.6 Å². The number of anilines is 1. The number of phenolic OH excluding ortho intramolecular Hbond substituents is 1. The molecule has 0 spiro atoms. The molecule has 0 saturated heterocycles. The molecule has 1 aliphatic heterocycles. The molecule has 1 amide bonds. The molecular formula is C17H14BrNO3. The summed E-state index contributed by atoms with van der Waals surface area (Å²) in [5, 5.41) is 9.87. The Hall–Kier alpha value is -2.27. The average Bonchev–Trinajstić information content (AvgIpc) is 2.72. The van der Waals surface area contributed by atoms with Crippen LogP contribution in [0.2, 0.25) is 0 Å². The van der Waals surface area contributed by atoms with E-state index in [0.717, 1.165) is 21.3 Å². The van der Waals surface area contributed by atoms with Gasteiger partial charge in [-0.2, -0.15) is 0 Å². The predicted molar refractivity (Wildman–Crippen MR) is 90.1 cm³/mol. The molecular weight excluding hydrogens is 346 g/mol. The quantitative estimate of drug-likeness (QED) is 0.832. The summed E-state index contributed by atoms with van der Waals surface area (Å²) in [5.74, 6) is 0.383. The first kappa shape index (κ1) is 14.7. The van der Waals surface area contributed by atoms with Crippen LogP contribution in [-0.2, 0) is 4.79 Å². The molecule has 0 radical (unpaired) electrons. The number of rotatable bonds is 2. The summed E-state index contributed by atoms with van der Waals surface area (Å²) in [7, 11) is 3.25. The molecule has 0 aliphatic carbocycles. The molecule has 0 bridgehead atoms. The predicted octanol–water partition coefficient (Wildman–Crippen LogP) is 3.68. The van der Waals surface area contributed by atoms with E-state index in [4.69, 9.17) is 4.74 Å². The molecule has 2 aromatic rings. The Morgan fingerprint density at radius 1 is 1.23 bits per heavy atom. The van der Waals surface area contributed by atoms with Crippen LogP contribution in [0.1, 0.15) is 11.1 Å². The van der Waals surface area contributed by atoms with E-state index in [0.29, 0.717) is 11.3 Å². The van der Waals surface area contributed by atoms with Crippen molar-refractivity contribution in [1.82, 2.24) is 0 Å². The number of methoxy groups -OCH3 is 1. The van der Waals surface area contributed by atoms with Gasteiger partial charge in [0.05, 0.1) is 12.8 Å². The lowest BCUT2D eigenvalue weighted by Gasteiger charge is -2.08. The Balaban J connectivity index is 2.10. The minimum atomic E-state index is -0.0663. The van der Waals surface area contributed by atoms with Crippen LogP contribution in [0.4, 0.5) is 5.69 Å². The van der Waals surface area contributed by atoms with Crippen molar-refractivity contribution < 1.29 is 14.6 Å². The Kier molecular flexibility index (Phi) is 3.66. The molecule has 3 rings (SSSR count). The number of amides is 1. The summed E-state index contributed by atoms with van der Waals surface area (Å²) >= 11 is 3.43. The van der Waals surface area contributed by atoms with Crippen LogP contribution >= 0.6 is 15.9 Å². The highest BCUT2D eigenvalue weighted by molar-refractivity contribution is 9.10. The van der Waals surface area contributed by atoms with Crippen molar-refractivity contribution in [3.05, 3.63) is 52.0 Å². The fourth-order valence-corrected chi connectivity index (χ4v) is 2.89. The Morgan fingerprint density at radius 2 is 2.00 bits per heavy atom. The van der Waals surface area contributed by atoms with Crippen LogP contribution in [0.3, 0.4) is 0 Å². The van der Waals surface area contributed by atoms with Gasteiger partial charge in [-0.05, 0) is 42.0 Å². The van der Waals surface area contributed by atoms with Crippen molar-refractivity contribution in [3.63, 3.8) is 0 Å². The molecule has 1 N–H and O–H groups in total. The van der Waals surface area contributed by atoms with Gasteiger partial charge in [0.2, 0.25) is 0 Å². The Labute approximate surface area is 136 Å². The SMILES string of the molecule is COc1ccc(C=C2C(=O)N(C)c3ccc(Br)cc32)cc1O. The first-order valence-corrected chi connectivity index (χ1v) is 7.47. The second kappa shape index (κ2) is 5.50. The number of carbonyl (C=O) groups excluding carboxylic acids is 1. The number of phenols is 1. The minimum absolute atomic E-state index is 0.0464. The van der Waals surface area contributed by atoms with Gasteiger partial charge in [0.15, 0.2) is 11.5 Å². The van der Waals surface area contributed by atoms with Crippen molar-refractivity contribution in [1.29, 1.82) is 0 Å². The van der Waals surface area contributed by atoms with Crippen molar-refractivity contribution >= 4 is 39.2 Å². The van der Waals surface area contributed by atoms with Gasteiger partial charge in [0.1, 0.15) is 0 Å². The number of nitrogens with zero attached hydrogens (tertiary/aromatic N) is 1. The maximum atomic E-state index is 12.4. The Morgan fingerprint density at radius 3 is 2.68 bits per heavy atom. The average molecular weight is 360 g/mol. The lowest BCUT2D eigenvalue weighted by atomic mass is 10.0. The monoisotopic (exact) mass is 359 g/mol. The van der Waals surface area contributed by atoms with Gasteiger partial charge >= 0.3 is 0 Å². The summed E-state index contributed by atoms with van der Waals surface area (Å²) in [6.45, 7) is 0. The number of halogens is 1. The second-order valence-electron chi connectivity index (χ2n) is 5.01. The summed E-state index contributed by atoms with van der Waals surface area (Å²) in [6.07, 6.45) is 1.77. The van der Waals surface area contributed by atoms with Gasteiger partial charge in [0.25, 0.3) is 5.91 Å². The molecule has 5 heteroatoms. The van der Waals surface area contributed by atoms with Crippen LogP contribution in [0.15, 0.2) is 40.9 Å². The van der Waals surface area contributed by atoms with Gasteiger partial charge in [-0.25, -0.2) is 0 Å². The van der Waals surface area contributed by atoms with Crippen LogP contribution in [0.5, 0.6) is 11.5 Å². The number of carbonyl (C=O) groups is 1. The van der Waals surface area contributed by atoms with E-state index in [2.05, 4.69) is 15.9 Å². The van der Waals surface area contributed by atoms with Crippen LogP contribution < -0.4 is 9.64 Å².